The van der Waals surface area contributed by atoms with Crippen LogP contribution in [0.4, 0.5) is 5.69 Å². The molecule has 0 amide bonds. The summed E-state index contributed by atoms with van der Waals surface area (Å²) in [6, 6.07) is 6.57. The molecule has 0 fully saturated rings. The molecule has 17 heavy (non-hydrogen) atoms. The van der Waals surface area contributed by atoms with Gasteiger partial charge in [0.05, 0.1) is 17.2 Å². The minimum absolute atomic E-state index is 0.287. The predicted molar refractivity (Wildman–Crippen MR) is 77.8 cm³/mol. The van der Waals surface area contributed by atoms with Crippen molar-refractivity contribution in [1.29, 1.82) is 0 Å². The van der Waals surface area contributed by atoms with Crippen molar-refractivity contribution in [3.8, 4) is 0 Å². The third kappa shape index (κ3) is 2.87. The number of benzene rings is 1. The lowest BCUT2D eigenvalue weighted by Crippen LogP contribution is -2.07. The zero-order valence-electron chi connectivity index (χ0n) is 10.1. The summed E-state index contributed by atoms with van der Waals surface area (Å²) in [5.41, 5.74) is 5.43. The van der Waals surface area contributed by atoms with E-state index in [4.69, 9.17) is 0 Å². The minimum atomic E-state index is 0.287. The molecule has 1 aromatic heterocycles. The predicted octanol–water partition coefficient (Wildman–Crippen LogP) is 4.70. The lowest BCUT2D eigenvalue weighted by Gasteiger charge is -2.16. The SMILES string of the molecule is Cc1ccc(Br)cc1NC(C)c1scnc1C. The molecule has 2 rings (SSSR count). The van der Waals surface area contributed by atoms with Crippen LogP contribution in [0, 0.1) is 13.8 Å². The summed E-state index contributed by atoms with van der Waals surface area (Å²) in [5.74, 6) is 0. The molecule has 0 aliphatic rings. The third-order valence-corrected chi connectivity index (χ3v) is 4.35. The van der Waals surface area contributed by atoms with Crippen LogP contribution in [0.5, 0.6) is 0 Å². The summed E-state index contributed by atoms with van der Waals surface area (Å²) in [6.45, 7) is 6.33. The van der Waals surface area contributed by atoms with Crippen LogP contribution in [-0.2, 0) is 0 Å². The van der Waals surface area contributed by atoms with Crippen molar-refractivity contribution in [2.75, 3.05) is 5.32 Å². The first-order chi connectivity index (χ1) is 8.08. The summed E-state index contributed by atoms with van der Waals surface area (Å²) in [4.78, 5) is 5.58. The van der Waals surface area contributed by atoms with E-state index in [2.05, 4.69) is 65.2 Å². The van der Waals surface area contributed by atoms with Gasteiger partial charge in [0.2, 0.25) is 0 Å². The van der Waals surface area contributed by atoms with E-state index in [1.807, 2.05) is 5.51 Å². The zero-order valence-corrected chi connectivity index (χ0v) is 12.5. The van der Waals surface area contributed by atoms with Gasteiger partial charge < -0.3 is 5.32 Å². The van der Waals surface area contributed by atoms with E-state index in [0.29, 0.717) is 0 Å². The van der Waals surface area contributed by atoms with Crippen molar-refractivity contribution in [3.63, 3.8) is 0 Å². The Morgan fingerprint density at radius 3 is 2.76 bits per heavy atom. The van der Waals surface area contributed by atoms with Crippen LogP contribution >= 0.6 is 27.3 Å². The van der Waals surface area contributed by atoms with Crippen molar-refractivity contribution >= 4 is 33.0 Å². The van der Waals surface area contributed by atoms with Gasteiger partial charge in [-0.3, -0.25) is 0 Å². The van der Waals surface area contributed by atoms with Crippen LogP contribution in [-0.4, -0.2) is 4.98 Å². The van der Waals surface area contributed by atoms with E-state index in [-0.39, 0.29) is 6.04 Å². The van der Waals surface area contributed by atoms with E-state index in [0.717, 1.165) is 10.2 Å². The second-order valence-electron chi connectivity index (χ2n) is 4.13. The van der Waals surface area contributed by atoms with E-state index in [1.165, 1.54) is 16.1 Å². The molecule has 0 spiro atoms. The summed E-state index contributed by atoms with van der Waals surface area (Å²) in [5, 5.41) is 3.53. The number of thiazole rings is 1. The lowest BCUT2D eigenvalue weighted by atomic mass is 10.1. The van der Waals surface area contributed by atoms with Crippen LogP contribution in [0.3, 0.4) is 0 Å². The molecule has 0 aliphatic heterocycles. The van der Waals surface area contributed by atoms with Crippen molar-refractivity contribution in [1.82, 2.24) is 4.98 Å². The molecule has 1 heterocycles. The Labute approximate surface area is 114 Å². The molecular formula is C13H15BrN2S. The molecule has 0 radical (unpaired) electrons. The van der Waals surface area contributed by atoms with Crippen LogP contribution in [0.25, 0.3) is 0 Å². The van der Waals surface area contributed by atoms with Crippen LogP contribution in [0.15, 0.2) is 28.2 Å². The molecule has 0 bridgehead atoms. The van der Waals surface area contributed by atoms with E-state index in [9.17, 15) is 0 Å². The fraction of sp³-hybridized carbons (Fsp3) is 0.308. The number of hydrogen-bond acceptors (Lipinski definition) is 3. The normalized spacial score (nSPS) is 12.5. The molecule has 2 nitrogen and oxygen atoms in total. The molecule has 1 atom stereocenters. The van der Waals surface area contributed by atoms with E-state index >= 15 is 0 Å². The Morgan fingerprint density at radius 1 is 1.35 bits per heavy atom. The highest BCUT2D eigenvalue weighted by Crippen LogP contribution is 2.28. The van der Waals surface area contributed by atoms with E-state index in [1.54, 1.807) is 11.3 Å². The highest BCUT2D eigenvalue weighted by molar-refractivity contribution is 9.10. The molecule has 0 saturated carbocycles. The number of hydrogen-bond donors (Lipinski definition) is 1. The van der Waals surface area contributed by atoms with Gasteiger partial charge >= 0.3 is 0 Å². The fourth-order valence-electron chi connectivity index (χ4n) is 1.78. The largest absolute Gasteiger partial charge is 0.377 e. The summed E-state index contributed by atoms with van der Waals surface area (Å²) in [6.07, 6.45) is 0. The highest BCUT2D eigenvalue weighted by atomic mass is 79.9. The first-order valence-corrected chi connectivity index (χ1v) is 7.18. The average Bonchev–Trinajstić information content (AvgIpc) is 2.70. The molecule has 4 heteroatoms. The average molecular weight is 311 g/mol. The molecule has 0 aliphatic carbocycles. The summed E-state index contributed by atoms with van der Waals surface area (Å²) >= 11 is 5.20. The number of nitrogens with one attached hydrogen (secondary N) is 1. The van der Waals surface area contributed by atoms with Gasteiger partial charge in [-0.05, 0) is 38.5 Å². The third-order valence-electron chi connectivity index (χ3n) is 2.75. The molecule has 2 aromatic rings. The second-order valence-corrected chi connectivity index (χ2v) is 5.93. The molecule has 1 N–H and O–H groups in total. The van der Waals surface area contributed by atoms with E-state index < -0.39 is 0 Å². The highest BCUT2D eigenvalue weighted by Gasteiger charge is 2.11. The van der Waals surface area contributed by atoms with Crippen molar-refractivity contribution in [3.05, 3.63) is 44.3 Å². The Kier molecular flexibility index (Phi) is 3.84. The monoisotopic (exact) mass is 310 g/mol. The smallest absolute Gasteiger partial charge is 0.0798 e. The standard InChI is InChI=1S/C13H15BrN2S/c1-8-4-5-11(14)6-12(8)16-10(3)13-9(2)15-7-17-13/h4-7,10,16H,1-3H3. The number of anilines is 1. The maximum Gasteiger partial charge on any atom is 0.0798 e. The quantitative estimate of drug-likeness (QED) is 0.889. The van der Waals surface area contributed by atoms with Gasteiger partial charge in [0, 0.05) is 15.0 Å². The zero-order chi connectivity index (χ0) is 12.4. The maximum absolute atomic E-state index is 4.29. The Hall–Kier alpha value is -0.870. The molecule has 0 saturated heterocycles. The Morgan fingerprint density at radius 2 is 2.12 bits per heavy atom. The number of nitrogens with zero attached hydrogens (tertiary/aromatic N) is 1. The minimum Gasteiger partial charge on any atom is -0.377 e. The van der Waals surface area contributed by atoms with Gasteiger partial charge in [0.25, 0.3) is 0 Å². The second kappa shape index (κ2) is 5.19. The number of aryl methyl sites for hydroxylation is 2. The first kappa shape index (κ1) is 12.6. The fourth-order valence-corrected chi connectivity index (χ4v) is 2.95. The number of rotatable bonds is 3. The first-order valence-electron chi connectivity index (χ1n) is 5.50. The van der Waals surface area contributed by atoms with Gasteiger partial charge in [-0.2, -0.15) is 0 Å². The number of aromatic nitrogens is 1. The Balaban J connectivity index is 2.21. The topological polar surface area (TPSA) is 24.9 Å². The van der Waals surface area contributed by atoms with Crippen molar-refractivity contribution in [2.45, 2.75) is 26.8 Å². The maximum atomic E-state index is 4.29. The van der Waals surface area contributed by atoms with Gasteiger partial charge in [0.15, 0.2) is 0 Å². The van der Waals surface area contributed by atoms with Crippen molar-refractivity contribution < 1.29 is 0 Å². The van der Waals surface area contributed by atoms with Crippen molar-refractivity contribution in [2.24, 2.45) is 0 Å². The molecule has 90 valence electrons. The molecule has 1 unspecified atom stereocenters. The molecular weight excluding hydrogens is 296 g/mol. The number of halogens is 1. The van der Waals surface area contributed by atoms with Gasteiger partial charge in [-0.15, -0.1) is 11.3 Å². The van der Waals surface area contributed by atoms with Gasteiger partial charge in [0.1, 0.15) is 0 Å². The summed E-state index contributed by atoms with van der Waals surface area (Å²) in [7, 11) is 0. The Bertz CT molecular complexity index is 522. The summed E-state index contributed by atoms with van der Waals surface area (Å²) < 4.78 is 1.10. The van der Waals surface area contributed by atoms with Gasteiger partial charge in [-0.1, -0.05) is 22.0 Å². The lowest BCUT2D eigenvalue weighted by molar-refractivity contribution is 0.888. The van der Waals surface area contributed by atoms with Crippen LogP contribution in [0.2, 0.25) is 0 Å². The van der Waals surface area contributed by atoms with Crippen LogP contribution in [0.1, 0.15) is 29.1 Å². The van der Waals surface area contributed by atoms with Crippen LogP contribution < -0.4 is 5.32 Å². The molecule has 1 aromatic carbocycles. The van der Waals surface area contributed by atoms with Gasteiger partial charge in [-0.25, -0.2) is 4.98 Å².